The summed E-state index contributed by atoms with van der Waals surface area (Å²) in [6, 6.07) is 0. The van der Waals surface area contributed by atoms with Gasteiger partial charge in [-0.05, 0) is 39.5 Å². The fraction of sp³-hybridized carbons (Fsp3) is 0.714. The van der Waals surface area contributed by atoms with Crippen LogP contribution in [0.3, 0.4) is 0 Å². The molecule has 0 spiro atoms. The van der Waals surface area contributed by atoms with Crippen molar-refractivity contribution in [1.29, 1.82) is 0 Å². The number of aliphatic hydroxyl groups is 1. The molecule has 0 saturated carbocycles. The van der Waals surface area contributed by atoms with Crippen LogP contribution in [0.1, 0.15) is 53.9 Å². The van der Waals surface area contributed by atoms with Gasteiger partial charge in [0.1, 0.15) is 0 Å². The Morgan fingerprint density at radius 1 is 1.27 bits per heavy atom. The first kappa shape index (κ1) is 14.4. The molecule has 0 aromatic rings. The third kappa shape index (κ3) is 7.38. The quantitative estimate of drug-likeness (QED) is 0.655. The van der Waals surface area contributed by atoms with Gasteiger partial charge < -0.3 is 5.11 Å². The second-order valence-electron chi connectivity index (χ2n) is 4.71. The highest BCUT2D eigenvalue weighted by Crippen LogP contribution is 2.13. The predicted molar refractivity (Wildman–Crippen MR) is 67.9 cm³/mol. The molecule has 2 unspecified atom stereocenters. The van der Waals surface area contributed by atoms with Crippen molar-refractivity contribution in [2.75, 3.05) is 0 Å². The maximum atomic E-state index is 9.80. The van der Waals surface area contributed by atoms with Gasteiger partial charge in [-0.3, -0.25) is 0 Å². The molecule has 1 nitrogen and oxygen atoms in total. The average Bonchev–Trinajstić information content (AvgIpc) is 2.15. The molecule has 0 aliphatic rings. The molecular weight excluding hydrogens is 184 g/mol. The number of hydrogen-bond acceptors (Lipinski definition) is 1. The second kappa shape index (κ2) is 7.70. The van der Waals surface area contributed by atoms with E-state index >= 15 is 0 Å². The molecule has 1 N–H and O–H groups in total. The van der Waals surface area contributed by atoms with Gasteiger partial charge in [0.15, 0.2) is 0 Å². The van der Waals surface area contributed by atoms with Crippen molar-refractivity contribution in [1.82, 2.24) is 0 Å². The summed E-state index contributed by atoms with van der Waals surface area (Å²) < 4.78 is 0. The zero-order valence-electron chi connectivity index (χ0n) is 10.9. The van der Waals surface area contributed by atoms with Gasteiger partial charge in [-0.2, -0.15) is 0 Å². The normalized spacial score (nSPS) is 16.0. The molecule has 0 radical (unpaired) electrons. The summed E-state index contributed by atoms with van der Waals surface area (Å²) in [6.45, 7) is 10.5. The molecule has 0 amide bonds. The molecule has 0 rings (SSSR count). The van der Waals surface area contributed by atoms with Crippen LogP contribution < -0.4 is 0 Å². The number of aliphatic hydroxyl groups excluding tert-OH is 1. The Balaban J connectivity index is 4.02. The van der Waals surface area contributed by atoms with Crippen LogP contribution in [0.4, 0.5) is 0 Å². The first-order valence-corrected chi connectivity index (χ1v) is 5.96. The topological polar surface area (TPSA) is 20.2 Å². The summed E-state index contributed by atoms with van der Waals surface area (Å²) in [6.07, 6.45) is 7.14. The van der Waals surface area contributed by atoms with Crippen LogP contribution in [0.5, 0.6) is 0 Å². The molecule has 0 aromatic heterocycles. The molecule has 0 aliphatic heterocycles. The molecule has 0 saturated heterocycles. The minimum atomic E-state index is -0.276. The van der Waals surface area contributed by atoms with Crippen LogP contribution in [-0.4, -0.2) is 11.2 Å². The molecule has 0 aromatic carbocycles. The van der Waals surface area contributed by atoms with Crippen molar-refractivity contribution in [3.8, 4) is 0 Å². The largest absolute Gasteiger partial charge is 0.389 e. The van der Waals surface area contributed by atoms with E-state index in [1.807, 2.05) is 6.08 Å². The first-order valence-electron chi connectivity index (χ1n) is 5.96. The first-order chi connectivity index (χ1) is 6.97. The smallest absolute Gasteiger partial charge is 0.0748 e. The SMILES string of the molecule is CCC(C)C(O)C=C(C)CCC=C(C)C. The molecule has 2 atom stereocenters. The molecule has 0 bridgehead atoms. The Kier molecular flexibility index (Phi) is 7.41. The van der Waals surface area contributed by atoms with E-state index in [1.54, 1.807) is 0 Å². The fourth-order valence-electron chi connectivity index (χ4n) is 1.37. The highest BCUT2D eigenvalue weighted by Gasteiger charge is 2.08. The van der Waals surface area contributed by atoms with Crippen molar-refractivity contribution in [3.05, 3.63) is 23.3 Å². The summed E-state index contributed by atoms with van der Waals surface area (Å²) in [5.74, 6) is 0.364. The molecular formula is C14H26O. The number of rotatable bonds is 6. The third-order valence-corrected chi connectivity index (χ3v) is 2.77. The van der Waals surface area contributed by atoms with Crippen LogP contribution in [0.15, 0.2) is 23.3 Å². The predicted octanol–water partition coefficient (Wildman–Crippen LogP) is 4.09. The lowest BCUT2D eigenvalue weighted by Crippen LogP contribution is -2.14. The summed E-state index contributed by atoms with van der Waals surface area (Å²) >= 11 is 0. The van der Waals surface area contributed by atoms with Gasteiger partial charge >= 0.3 is 0 Å². The van der Waals surface area contributed by atoms with Crippen LogP contribution in [0.25, 0.3) is 0 Å². The Hall–Kier alpha value is -0.560. The average molecular weight is 210 g/mol. The van der Waals surface area contributed by atoms with E-state index in [2.05, 4.69) is 40.7 Å². The molecule has 1 heteroatoms. The minimum absolute atomic E-state index is 0.276. The Bertz CT molecular complexity index is 221. The summed E-state index contributed by atoms with van der Waals surface area (Å²) in [4.78, 5) is 0. The van der Waals surface area contributed by atoms with Crippen molar-refractivity contribution in [2.45, 2.75) is 60.0 Å². The summed E-state index contributed by atoms with van der Waals surface area (Å²) in [7, 11) is 0. The van der Waals surface area contributed by atoms with E-state index in [0.29, 0.717) is 5.92 Å². The number of hydrogen-bond donors (Lipinski definition) is 1. The van der Waals surface area contributed by atoms with Gasteiger partial charge in [-0.15, -0.1) is 0 Å². The Morgan fingerprint density at radius 2 is 1.87 bits per heavy atom. The van der Waals surface area contributed by atoms with Crippen molar-refractivity contribution >= 4 is 0 Å². The van der Waals surface area contributed by atoms with Crippen molar-refractivity contribution < 1.29 is 5.11 Å². The Morgan fingerprint density at radius 3 is 2.33 bits per heavy atom. The third-order valence-electron chi connectivity index (χ3n) is 2.77. The summed E-state index contributed by atoms with van der Waals surface area (Å²) in [5.41, 5.74) is 2.66. The van der Waals surface area contributed by atoms with E-state index in [1.165, 1.54) is 11.1 Å². The lowest BCUT2D eigenvalue weighted by molar-refractivity contribution is 0.159. The highest BCUT2D eigenvalue weighted by molar-refractivity contribution is 5.05. The van der Waals surface area contributed by atoms with Gasteiger partial charge in [-0.1, -0.05) is 43.6 Å². The highest BCUT2D eigenvalue weighted by atomic mass is 16.3. The lowest BCUT2D eigenvalue weighted by atomic mass is 9.98. The fourth-order valence-corrected chi connectivity index (χ4v) is 1.37. The van der Waals surface area contributed by atoms with Crippen LogP contribution >= 0.6 is 0 Å². The van der Waals surface area contributed by atoms with Gasteiger partial charge in [0.2, 0.25) is 0 Å². The second-order valence-corrected chi connectivity index (χ2v) is 4.71. The molecule has 0 aliphatic carbocycles. The zero-order valence-corrected chi connectivity index (χ0v) is 10.9. The van der Waals surface area contributed by atoms with Gasteiger partial charge in [0, 0.05) is 0 Å². The zero-order chi connectivity index (χ0) is 11.8. The van der Waals surface area contributed by atoms with E-state index in [9.17, 15) is 5.11 Å². The van der Waals surface area contributed by atoms with Crippen molar-refractivity contribution in [3.63, 3.8) is 0 Å². The maximum absolute atomic E-state index is 9.80. The van der Waals surface area contributed by atoms with E-state index in [4.69, 9.17) is 0 Å². The molecule has 0 heterocycles. The number of allylic oxidation sites excluding steroid dienone is 3. The van der Waals surface area contributed by atoms with Crippen LogP contribution in [-0.2, 0) is 0 Å². The minimum Gasteiger partial charge on any atom is -0.389 e. The van der Waals surface area contributed by atoms with Gasteiger partial charge in [0.25, 0.3) is 0 Å². The van der Waals surface area contributed by atoms with Crippen LogP contribution in [0.2, 0.25) is 0 Å². The van der Waals surface area contributed by atoms with Gasteiger partial charge in [-0.25, -0.2) is 0 Å². The maximum Gasteiger partial charge on any atom is 0.0748 e. The van der Waals surface area contributed by atoms with E-state index < -0.39 is 0 Å². The summed E-state index contributed by atoms with van der Waals surface area (Å²) in [5, 5.41) is 9.80. The van der Waals surface area contributed by atoms with Crippen molar-refractivity contribution in [2.24, 2.45) is 5.92 Å². The monoisotopic (exact) mass is 210 g/mol. The lowest BCUT2D eigenvalue weighted by Gasteiger charge is -2.14. The van der Waals surface area contributed by atoms with E-state index in [-0.39, 0.29) is 6.10 Å². The Labute approximate surface area is 94.9 Å². The molecule has 0 fully saturated rings. The standard InChI is InChI=1S/C14H26O/c1-6-13(5)14(15)10-12(4)9-7-8-11(2)3/h8,10,13-15H,6-7,9H2,1-5H3. The molecule has 15 heavy (non-hydrogen) atoms. The van der Waals surface area contributed by atoms with E-state index in [0.717, 1.165) is 19.3 Å². The van der Waals surface area contributed by atoms with Gasteiger partial charge in [0.05, 0.1) is 6.10 Å². The molecule has 88 valence electrons. The van der Waals surface area contributed by atoms with Crippen LogP contribution in [0, 0.1) is 5.92 Å².